The van der Waals surface area contributed by atoms with Gasteiger partial charge < -0.3 is 9.47 Å². The van der Waals surface area contributed by atoms with Gasteiger partial charge in [-0.25, -0.2) is 0 Å². The van der Waals surface area contributed by atoms with Gasteiger partial charge in [0.1, 0.15) is 0 Å². The van der Waals surface area contributed by atoms with Crippen LogP contribution in [-0.4, -0.2) is 26.2 Å². The highest BCUT2D eigenvalue weighted by Gasteiger charge is 2.51. The molecule has 2 aromatic rings. The van der Waals surface area contributed by atoms with Crippen LogP contribution in [0.4, 0.5) is 0 Å². The van der Waals surface area contributed by atoms with Crippen molar-refractivity contribution in [3.8, 4) is 11.1 Å². The van der Waals surface area contributed by atoms with Crippen LogP contribution in [0.25, 0.3) is 11.1 Å². The van der Waals surface area contributed by atoms with Gasteiger partial charge in [-0.1, -0.05) is 54.6 Å². The fourth-order valence-corrected chi connectivity index (χ4v) is 3.41. The van der Waals surface area contributed by atoms with E-state index < -0.39 is 11.8 Å². The largest absolute Gasteiger partial charge is 0.469 e. The van der Waals surface area contributed by atoms with Crippen molar-refractivity contribution in [2.75, 3.05) is 14.2 Å². The molecule has 0 aromatic heterocycles. The van der Waals surface area contributed by atoms with E-state index in [-0.39, 0.29) is 17.9 Å². The second kappa shape index (κ2) is 6.87. The van der Waals surface area contributed by atoms with Gasteiger partial charge in [-0.2, -0.15) is 0 Å². The molecule has 0 amide bonds. The van der Waals surface area contributed by atoms with Crippen molar-refractivity contribution in [3.63, 3.8) is 0 Å². The van der Waals surface area contributed by atoms with Crippen LogP contribution in [0.3, 0.4) is 0 Å². The first kappa shape index (κ1) is 16.2. The summed E-state index contributed by atoms with van der Waals surface area (Å²) < 4.78 is 9.67. The third kappa shape index (κ3) is 2.92. The molecule has 4 nitrogen and oxygen atoms in total. The van der Waals surface area contributed by atoms with Crippen molar-refractivity contribution in [2.24, 2.45) is 11.8 Å². The molecule has 4 heteroatoms. The van der Waals surface area contributed by atoms with E-state index in [9.17, 15) is 9.59 Å². The standard InChI is InChI=1S/C20H20O4/c1-23-19(21)17-12-16(18(17)20(22)24-2)15-10-8-14(9-11-15)13-6-4-3-5-7-13/h3-11,16-18H,12H2,1-2H3. The first-order valence-electron chi connectivity index (χ1n) is 7.96. The van der Waals surface area contributed by atoms with Gasteiger partial charge in [-0.05, 0) is 29.0 Å². The lowest BCUT2D eigenvalue weighted by Crippen LogP contribution is -2.45. The Morgan fingerprint density at radius 3 is 2.00 bits per heavy atom. The Kier molecular flexibility index (Phi) is 4.65. The number of hydrogen-bond acceptors (Lipinski definition) is 4. The average Bonchev–Trinajstić information content (AvgIpc) is 2.62. The normalized spacial score (nSPS) is 22.3. The lowest BCUT2D eigenvalue weighted by atomic mass is 9.62. The van der Waals surface area contributed by atoms with Gasteiger partial charge >= 0.3 is 11.9 Å². The fraction of sp³-hybridized carbons (Fsp3) is 0.300. The number of benzene rings is 2. The van der Waals surface area contributed by atoms with Crippen LogP contribution in [-0.2, 0) is 19.1 Å². The third-order valence-electron chi connectivity index (χ3n) is 4.80. The van der Waals surface area contributed by atoms with Gasteiger partial charge in [0.25, 0.3) is 0 Å². The molecular weight excluding hydrogens is 304 g/mol. The molecule has 0 radical (unpaired) electrons. The Labute approximate surface area is 141 Å². The zero-order valence-corrected chi connectivity index (χ0v) is 13.8. The number of carbonyl (C=O) groups excluding carboxylic acids is 2. The zero-order chi connectivity index (χ0) is 17.1. The molecule has 0 saturated heterocycles. The predicted octanol–water partition coefficient (Wildman–Crippen LogP) is 3.42. The second-order valence-electron chi connectivity index (χ2n) is 6.01. The molecule has 0 heterocycles. The summed E-state index contributed by atoms with van der Waals surface area (Å²) in [5, 5.41) is 0. The molecule has 1 aliphatic carbocycles. The Morgan fingerprint density at radius 1 is 0.833 bits per heavy atom. The van der Waals surface area contributed by atoms with E-state index in [1.54, 1.807) is 0 Å². The third-order valence-corrected chi connectivity index (χ3v) is 4.80. The van der Waals surface area contributed by atoms with Gasteiger partial charge in [0.15, 0.2) is 0 Å². The molecule has 24 heavy (non-hydrogen) atoms. The van der Waals surface area contributed by atoms with Crippen molar-refractivity contribution >= 4 is 11.9 Å². The summed E-state index contributed by atoms with van der Waals surface area (Å²) in [6, 6.07) is 18.3. The van der Waals surface area contributed by atoms with Crippen LogP contribution in [0.15, 0.2) is 54.6 Å². The molecule has 3 rings (SSSR count). The van der Waals surface area contributed by atoms with Gasteiger partial charge in [0.05, 0.1) is 26.1 Å². The van der Waals surface area contributed by atoms with Crippen LogP contribution in [0.1, 0.15) is 17.9 Å². The minimum absolute atomic E-state index is 0.00799. The molecule has 1 aliphatic rings. The lowest BCUT2D eigenvalue weighted by molar-refractivity contribution is -0.166. The summed E-state index contributed by atoms with van der Waals surface area (Å²) in [6.07, 6.45) is 0.608. The number of methoxy groups -OCH3 is 2. The number of hydrogen-bond donors (Lipinski definition) is 0. The van der Waals surface area contributed by atoms with Crippen LogP contribution in [0.5, 0.6) is 0 Å². The average molecular weight is 324 g/mol. The van der Waals surface area contributed by atoms with Crippen molar-refractivity contribution in [1.82, 2.24) is 0 Å². The molecule has 1 saturated carbocycles. The summed E-state index contributed by atoms with van der Waals surface area (Å²) in [7, 11) is 2.70. The molecule has 0 N–H and O–H groups in total. The van der Waals surface area contributed by atoms with E-state index in [4.69, 9.17) is 9.47 Å². The quantitative estimate of drug-likeness (QED) is 0.809. The van der Waals surface area contributed by atoms with Crippen molar-refractivity contribution in [1.29, 1.82) is 0 Å². The van der Waals surface area contributed by atoms with Crippen molar-refractivity contribution in [2.45, 2.75) is 12.3 Å². The molecule has 2 aromatic carbocycles. The zero-order valence-electron chi connectivity index (χ0n) is 13.8. The monoisotopic (exact) mass is 324 g/mol. The molecule has 0 spiro atoms. The first-order chi connectivity index (χ1) is 11.7. The molecule has 3 unspecified atom stereocenters. The molecular formula is C20H20O4. The smallest absolute Gasteiger partial charge is 0.310 e. The summed E-state index contributed by atoms with van der Waals surface area (Å²) >= 11 is 0. The molecule has 124 valence electrons. The maximum atomic E-state index is 12.1. The Morgan fingerprint density at radius 2 is 1.42 bits per heavy atom. The summed E-state index contributed by atoms with van der Waals surface area (Å²) in [6.45, 7) is 0. The van der Waals surface area contributed by atoms with E-state index in [1.165, 1.54) is 14.2 Å². The van der Waals surface area contributed by atoms with Crippen LogP contribution in [0.2, 0.25) is 0 Å². The minimum Gasteiger partial charge on any atom is -0.469 e. The van der Waals surface area contributed by atoms with Crippen molar-refractivity contribution in [3.05, 3.63) is 60.2 Å². The topological polar surface area (TPSA) is 52.6 Å². The van der Waals surface area contributed by atoms with E-state index >= 15 is 0 Å². The Balaban J connectivity index is 1.81. The first-order valence-corrected chi connectivity index (χ1v) is 7.96. The van der Waals surface area contributed by atoms with E-state index in [0.717, 1.165) is 16.7 Å². The number of ether oxygens (including phenoxy) is 2. The summed E-state index contributed by atoms with van der Waals surface area (Å²) in [5.41, 5.74) is 3.32. The highest BCUT2D eigenvalue weighted by molar-refractivity contribution is 5.85. The summed E-state index contributed by atoms with van der Waals surface area (Å²) in [5.74, 6) is -1.59. The summed E-state index contributed by atoms with van der Waals surface area (Å²) in [4.78, 5) is 23.9. The lowest BCUT2D eigenvalue weighted by Gasteiger charge is -2.41. The minimum atomic E-state index is -0.468. The Hall–Kier alpha value is -2.62. The van der Waals surface area contributed by atoms with Crippen LogP contribution < -0.4 is 0 Å². The Bertz CT molecular complexity index is 721. The molecule has 0 aliphatic heterocycles. The van der Waals surface area contributed by atoms with Crippen LogP contribution in [0, 0.1) is 11.8 Å². The predicted molar refractivity (Wildman–Crippen MR) is 90.2 cm³/mol. The highest BCUT2D eigenvalue weighted by atomic mass is 16.5. The highest BCUT2D eigenvalue weighted by Crippen LogP contribution is 2.48. The van der Waals surface area contributed by atoms with Crippen molar-refractivity contribution < 1.29 is 19.1 Å². The molecule has 1 fully saturated rings. The number of rotatable bonds is 4. The van der Waals surface area contributed by atoms with Gasteiger partial charge in [-0.3, -0.25) is 9.59 Å². The maximum absolute atomic E-state index is 12.1. The van der Waals surface area contributed by atoms with Gasteiger partial charge in [0, 0.05) is 0 Å². The number of carbonyl (C=O) groups is 2. The fourth-order valence-electron chi connectivity index (χ4n) is 3.41. The number of esters is 2. The molecule has 3 atom stereocenters. The van der Waals surface area contributed by atoms with E-state index in [1.807, 2.05) is 42.5 Å². The second-order valence-corrected chi connectivity index (χ2v) is 6.01. The van der Waals surface area contributed by atoms with E-state index in [0.29, 0.717) is 6.42 Å². The van der Waals surface area contributed by atoms with Gasteiger partial charge in [0.2, 0.25) is 0 Å². The van der Waals surface area contributed by atoms with Gasteiger partial charge in [-0.15, -0.1) is 0 Å². The SMILES string of the molecule is COC(=O)C1CC(c2ccc(-c3ccccc3)cc2)C1C(=O)OC. The molecule has 0 bridgehead atoms. The van der Waals surface area contributed by atoms with E-state index in [2.05, 4.69) is 12.1 Å². The maximum Gasteiger partial charge on any atom is 0.310 e. The van der Waals surface area contributed by atoms with Crippen LogP contribution >= 0.6 is 0 Å².